The largest absolute Gasteiger partial charge is 0.349 e. The molecule has 0 unspecified atom stereocenters. The van der Waals surface area contributed by atoms with E-state index in [-0.39, 0.29) is 23.6 Å². The number of fused-ring (bicyclic) bond motifs is 1. The third-order valence-electron chi connectivity index (χ3n) is 4.84. The van der Waals surface area contributed by atoms with Crippen molar-refractivity contribution in [3.05, 3.63) is 34.7 Å². The van der Waals surface area contributed by atoms with E-state index in [0.717, 1.165) is 27.8 Å². The summed E-state index contributed by atoms with van der Waals surface area (Å²) in [6.45, 7) is 1.48. The van der Waals surface area contributed by atoms with Crippen molar-refractivity contribution in [1.82, 2.24) is 8.54 Å². The maximum Gasteiger partial charge on any atom is 0.349 e. The standard InChI is InChI=1S/C17H22N2O4S/c1-2-24(22,23)19-15-10-6-5-9-14(15)18(17(19)21)16(20)12-11-13-7-3-4-8-13/h5-6,9-10,13H,2-4,7-8,11-12H2,1H3. The van der Waals surface area contributed by atoms with E-state index in [1.165, 1.54) is 19.8 Å². The van der Waals surface area contributed by atoms with E-state index in [2.05, 4.69) is 0 Å². The topological polar surface area (TPSA) is 78.1 Å². The summed E-state index contributed by atoms with van der Waals surface area (Å²) in [5.74, 6) is 0.0162. The number of rotatable bonds is 5. The van der Waals surface area contributed by atoms with Gasteiger partial charge in [0.05, 0.1) is 16.8 Å². The summed E-state index contributed by atoms with van der Waals surface area (Å²) < 4.78 is 26.3. The normalized spacial score (nSPS) is 16.0. The predicted molar refractivity (Wildman–Crippen MR) is 92.9 cm³/mol. The zero-order chi connectivity index (χ0) is 17.3. The second kappa shape index (κ2) is 6.55. The Labute approximate surface area is 141 Å². The van der Waals surface area contributed by atoms with E-state index in [9.17, 15) is 18.0 Å². The lowest BCUT2D eigenvalue weighted by Gasteiger charge is -2.08. The predicted octanol–water partition coefficient (Wildman–Crippen LogP) is 2.61. The van der Waals surface area contributed by atoms with Crippen molar-refractivity contribution in [2.75, 3.05) is 5.75 Å². The molecule has 0 N–H and O–H groups in total. The zero-order valence-electron chi connectivity index (χ0n) is 13.8. The number of benzene rings is 1. The Morgan fingerprint density at radius 2 is 1.79 bits per heavy atom. The first-order chi connectivity index (χ1) is 11.5. The zero-order valence-corrected chi connectivity index (χ0v) is 14.6. The van der Waals surface area contributed by atoms with Crippen LogP contribution in [0.4, 0.5) is 0 Å². The Balaban J connectivity index is 2.03. The Morgan fingerprint density at radius 3 is 2.42 bits per heavy atom. The Morgan fingerprint density at radius 1 is 1.17 bits per heavy atom. The van der Waals surface area contributed by atoms with Crippen molar-refractivity contribution in [2.45, 2.75) is 45.4 Å². The highest BCUT2D eigenvalue weighted by Gasteiger charge is 2.25. The van der Waals surface area contributed by atoms with E-state index in [1.54, 1.807) is 24.3 Å². The Bertz CT molecular complexity index is 918. The molecule has 1 aromatic carbocycles. The quantitative estimate of drug-likeness (QED) is 0.830. The van der Waals surface area contributed by atoms with Gasteiger partial charge >= 0.3 is 5.69 Å². The van der Waals surface area contributed by atoms with Gasteiger partial charge in [-0.05, 0) is 31.4 Å². The number of hydrogen-bond donors (Lipinski definition) is 0. The monoisotopic (exact) mass is 350 g/mol. The number of hydrogen-bond acceptors (Lipinski definition) is 4. The second-order valence-electron chi connectivity index (χ2n) is 6.35. The van der Waals surface area contributed by atoms with Crippen molar-refractivity contribution >= 4 is 27.0 Å². The summed E-state index contributed by atoms with van der Waals surface area (Å²) in [5.41, 5.74) is -0.163. The van der Waals surface area contributed by atoms with Gasteiger partial charge in [-0.1, -0.05) is 37.8 Å². The molecule has 0 atom stereocenters. The molecule has 0 spiro atoms. The first-order valence-electron chi connectivity index (χ1n) is 8.44. The lowest BCUT2D eigenvalue weighted by Crippen LogP contribution is -2.33. The molecule has 0 aliphatic heterocycles. The summed E-state index contributed by atoms with van der Waals surface area (Å²) in [4.78, 5) is 25.3. The van der Waals surface area contributed by atoms with Crippen LogP contribution in [0, 0.1) is 5.92 Å². The first kappa shape index (κ1) is 17.0. The van der Waals surface area contributed by atoms with Gasteiger partial charge in [0.15, 0.2) is 0 Å². The van der Waals surface area contributed by atoms with E-state index in [1.807, 2.05) is 0 Å². The van der Waals surface area contributed by atoms with E-state index < -0.39 is 15.7 Å². The van der Waals surface area contributed by atoms with Crippen LogP contribution in [0.15, 0.2) is 29.1 Å². The molecular weight excluding hydrogens is 328 g/mol. The molecular formula is C17H22N2O4S. The Hall–Kier alpha value is -1.89. The van der Waals surface area contributed by atoms with Crippen molar-refractivity contribution in [2.24, 2.45) is 5.92 Å². The van der Waals surface area contributed by atoms with Crippen LogP contribution in [0.2, 0.25) is 0 Å². The van der Waals surface area contributed by atoms with E-state index >= 15 is 0 Å². The molecule has 1 aliphatic rings. The van der Waals surface area contributed by atoms with Gasteiger partial charge < -0.3 is 0 Å². The fraction of sp³-hybridized carbons (Fsp3) is 0.529. The molecule has 7 heteroatoms. The Kier molecular flexibility index (Phi) is 4.62. The van der Waals surface area contributed by atoms with Crippen molar-refractivity contribution in [3.8, 4) is 0 Å². The van der Waals surface area contributed by atoms with Gasteiger partial charge in [0.25, 0.3) is 0 Å². The smallest absolute Gasteiger partial charge is 0.274 e. The van der Waals surface area contributed by atoms with Gasteiger partial charge in [-0.25, -0.2) is 17.8 Å². The van der Waals surface area contributed by atoms with Gasteiger partial charge in [-0.3, -0.25) is 4.79 Å². The van der Waals surface area contributed by atoms with Crippen LogP contribution in [0.25, 0.3) is 11.0 Å². The van der Waals surface area contributed by atoms with Gasteiger partial charge in [-0.15, -0.1) is 0 Å². The molecule has 130 valence electrons. The molecule has 2 aromatic rings. The van der Waals surface area contributed by atoms with Crippen molar-refractivity contribution in [1.29, 1.82) is 0 Å². The average molecular weight is 350 g/mol. The third-order valence-corrected chi connectivity index (χ3v) is 6.48. The number of nitrogens with zero attached hydrogens (tertiary/aromatic N) is 2. The summed E-state index contributed by atoms with van der Waals surface area (Å²) >= 11 is 0. The minimum Gasteiger partial charge on any atom is -0.274 e. The lowest BCUT2D eigenvalue weighted by molar-refractivity contribution is 0.0894. The molecule has 1 aliphatic carbocycles. The first-order valence-corrected chi connectivity index (χ1v) is 10.1. The van der Waals surface area contributed by atoms with Crippen LogP contribution in [-0.4, -0.2) is 28.6 Å². The third kappa shape index (κ3) is 2.92. The minimum atomic E-state index is -3.77. The van der Waals surface area contributed by atoms with Crippen LogP contribution >= 0.6 is 0 Å². The molecule has 1 saturated carbocycles. The van der Waals surface area contributed by atoms with Crippen molar-refractivity contribution in [3.63, 3.8) is 0 Å². The molecule has 6 nitrogen and oxygen atoms in total. The SMILES string of the molecule is CCS(=O)(=O)n1c(=O)n(C(=O)CCC2CCCC2)c2ccccc21. The highest BCUT2D eigenvalue weighted by atomic mass is 32.2. The number of para-hydroxylation sites is 2. The summed E-state index contributed by atoms with van der Waals surface area (Å²) in [6.07, 6.45) is 5.69. The van der Waals surface area contributed by atoms with Gasteiger partial charge in [0, 0.05) is 6.42 Å². The van der Waals surface area contributed by atoms with Crippen LogP contribution in [0.3, 0.4) is 0 Å². The molecule has 1 fully saturated rings. The molecule has 1 heterocycles. The van der Waals surface area contributed by atoms with Crippen LogP contribution in [0.5, 0.6) is 0 Å². The molecule has 0 amide bonds. The number of imidazole rings is 1. The van der Waals surface area contributed by atoms with E-state index in [0.29, 0.717) is 11.4 Å². The highest BCUT2D eigenvalue weighted by molar-refractivity contribution is 7.90. The lowest BCUT2D eigenvalue weighted by atomic mass is 10.0. The molecule has 1 aromatic heterocycles. The maximum atomic E-state index is 12.7. The van der Waals surface area contributed by atoms with Gasteiger partial charge in [-0.2, -0.15) is 3.97 Å². The number of aromatic nitrogens is 2. The summed E-state index contributed by atoms with van der Waals surface area (Å²) in [7, 11) is -3.77. The van der Waals surface area contributed by atoms with Gasteiger partial charge in [0.1, 0.15) is 0 Å². The second-order valence-corrected chi connectivity index (χ2v) is 8.46. The van der Waals surface area contributed by atoms with Crippen molar-refractivity contribution < 1.29 is 13.2 Å². The number of carbonyl (C=O) groups excluding carboxylic acids is 1. The van der Waals surface area contributed by atoms with E-state index in [4.69, 9.17) is 0 Å². The summed E-state index contributed by atoms with van der Waals surface area (Å²) in [6, 6.07) is 6.54. The average Bonchev–Trinajstić information content (AvgIpc) is 3.17. The molecule has 3 rings (SSSR count). The number of carbonyl (C=O) groups is 1. The van der Waals surface area contributed by atoms with Crippen LogP contribution < -0.4 is 5.69 Å². The van der Waals surface area contributed by atoms with Crippen LogP contribution in [-0.2, 0) is 10.0 Å². The van der Waals surface area contributed by atoms with Gasteiger partial charge in [0.2, 0.25) is 15.9 Å². The molecule has 0 bridgehead atoms. The fourth-order valence-electron chi connectivity index (χ4n) is 3.50. The highest BCUT2D eigenvalue weighted by Crippen LogP contribution is 2.28. The van der Waals surface area contributed by atoms with Crippen LogP contribution in [0.1, 0.15) is 50.2 Å². The maximum absolute atomic E-state index is 12.7. The summed E-state index contributed by atoms with van der Waals surface area (Å²) in [5, 5.41) is 0. The molecule has 0 radical (unpaired) electrons. The minimum absolute atomic E-state index is 0.197. The molecule has 24 heavy (non-hydrogen) atoms. The molecule has 0 saturated heterocycles. The fourth-order valence-corrected chi connectivity index (χ4v) is 4.53.